The molecule has 0 radical (unpaired) electrons. The van der Waals surface area contributed by atoms with Crippen LogP contribution in [0.5, 0.6) is 0 Å². The third-order valence-electron chi connectivity index (χ3n) is 6.81. The van der Waals surface area contributed by atoms with E-state index in [2.05, 4.69) is 24.0 Å². The van der Waals surface area contributed by atoms with Crippen LogP contribution in [-0.2, 0) is 16.8 Å². The summed E-state index contributed by atoms with van der Waals surface area (Å²) in [4.78, 5) is 24.1. The molecule has 1 aliphatic heterocycles. The summed E-state index contributed by atoms with van der Waals surface area (Å²) in [6.07, 6.45) is 2.51. The van der Waals surface area contributed by atoms with Crippen molar-refractivity contribution < 1.29 is 4.79 Å². The maximum absolute atomic E-state index is 12.7. The second kappa shape index (κ2) is 7.01. The lowest BCUT2D eigenvalue weighted by Crippen LogP contribution is -2.33. The quantitative estimate of drug-likeness (QED) is 0.617. The fourth-order valence-electron chi connectivity index (χ4n) is 4.64. The molecule has 1 amide bonds. The van der Waals surface area contributed by atoms with E-state index in [1.54, 1.807) is 4.90 Å². The molecule has 2 aliphatic rings. The molecule has 3 aromatic rings. The first-order valence-electron chi connectivity index (χ1n) is 11.1. The van der Waals surface area contributed by atoms with Crippen molar-refractivity contribution in [2.75, 3.05) is 11.9 Å². The monoisotopic (exact) mass is 415 g/mol. The van der Waals surface area contributed by atoms with Gasteiger partial charge in [-0.3, -0.25) is 9.78 Å². The Morgan fingerprint density at radius 2 is 1.94 bits per heavy atom. The lowest BCUT2D eigenvalue weighted by atomic mass is 9.85. The number of carbonyl (C=O) groups excluding carboxylic acids is 1. The van der Waals surface area contributed by atoms with Gasteiger partial charge in [-0.05, 0) is 75.4 Å². The fraction of sp³-hybridized carbons (Fsp3) is 0.440. The van der Waals surface area contributed by atoms with Crippen LogP contribution < -0.4 is 4.90 Å². The standard InChI is InChI=1S/C25H29N5O/c1-15-7-6-8-19(26-15)14-30-23(27-22(28-30)16(2)17-9-10-17)18-11-12-21-20(13-18)25(3,4)24(31)29(21)5/h6-8,11-13,16-17H,9-10,14H2,1-5H3. The minimum Gasteiger partial charge on any atom is -0.314 e. The highest BCUT2D eigenvalue weighted by atomic mass is 16.2. The SMILES string of the molecule is Cc1cccc(Cn2nc(C(C)C3CC3)nc2-c2ccc3c(c2)C(C)(C)C(=O)N3C)n1. The Hall–Kier alpha value is -3.02. The molecule has 3 heterocycles. The number of nitrogens with zero attached hydrogens (tertiary/aromatic N) is 5. The summed E-state index contributed by atoms with van der Waals surface area (Å²) in [5, 5.41) is 4.92. The van der Waals surface area contributed by atoms with Gasteiger partial charge < -0.3 is 4.90 Å². The molecule has 1 saturated carbocycles. The van der Waals surface area contributed by atoms with Crippen LogP contribution in [0.25, 0.3) is 11.4 Å². The Morgan fingerprint density at radius 3 is 2.65 bits per heavy atom. The van der Waals surface area contributed by atoms with Crippen molar-refractivity contribution in [2.45, 2.75) is 58.4 Å². The molecule has 2 aromatic heterocycles. The summed E-state index contributed by atoms with van der Waals surface area (Å²) < 4.78 is 1.98. The van der Waals surface area contributed by atoms with Gasteiger partial charge in [-0.15, -0.1) is 0 Å². The van der Waals surface area contributed by atoms with E-state index in [4.69, 9.17) is 10.1 Å². The molecule has 0 spiro atoms. The van der Waals surface area contributed by atoms with Gasteiger partial charge in [0.1, 0.15) is 0 Å². The van der Waals surface area contributed by atoms with Crippen LogP contribution in [-0.4, -0.2) is 32.7 Å². The summed E-state index contributed by atoms with van der Waals surface area (Å²) in [5.74, 6) is 2.90. The number of hydrogen-bond donors (Lipinski definition) is 0. The Labute approximate surface area is 183 Å². The number of aryl methyl sites for hydroxylation is 1. The van der Waals surface area contributed by atoms with Crippen molar-refractivity contribution in [1.29, 1.82) is 0 Å². The molecule has 1 aliphatic carbocycles. The van der Waals surface area contributed by atoms with E-state index in [1.807, 2.05) is 56.8 Å². The maximum atomic E-state index is 12.7. The number of carbonyl (C=O) groups is 1. The van der Waals surface area contributed by atoms with Crippen molar-refractivity contribution in [2.24, 2.45) is 5.92 Å². The zero-order valence-corrected chi connectivity index (χ0v) is 18.9. The third kappa shape index (κ3) is 3.34. The molecule has 1 atom stereocenters. The van der Waals surface area contributed by atoms with Gasteiger partial charge in [-0.2, -0.15) is 5.10 Å². The summed E-state index contributed by atoms with van der Waals surface area (Å²) in [5.41, 5.74) is 4.41. The number of pyridine rings is 1. The number of hydrogen-bond acceptors (Lipinski definition) is 4. The number of amides is 1. The predicted molar refractivity (Wildman–Crippen MR) is 121 cm³/mol. The summed E-state index contributed by atoms with van der Waals surface area (Å²) >= 11 is 0. The number of anilines is 1. The van der Waals surface area contributed by atoms with E-state index in [0.717, 1.165) is 39.9 Å². The van der Waals surface area contributed by atoms with Crippen molar-refractivity contribution in [3.05, 3.63) is 59.2 Å². The third-order valence-corrected chi connectivity index (χ3v) is 6.81. The fourth-order valence-corrected chi connectivity index (χ4v) is 4.64. The molecule has 0 saturated heterocycles. The Bertz CT molecular complexity index is 1170. The molecule has 5 rings (SSSR count). The smallest absolute Gasteiger partial charge is 0.236 e. The van der Waals surface area contributed by atoms with E-state index < -0.39 is 5.41 Å². The number of aromatic nitrogens is 4. The Kier molecular flexibility index (Phi) is 4.50. The molecule has 6 heteroatoms. The maximum Gasteiger partial charge on any atom is 0.236 e. The molecule has 6 nitrogen and oxygen atoms in total. The highest BCUT2D eigenvalue weighted by Gasteiger charge is 2.42. The van der Waals surface area contributed by atoms with E-state index in [0.29, 0.717) is 18.4 Å². The average molecular weight is 416 g/mol. The predicted octanol–water partition coefficient (Wildman–Crippen LogP) is 4.46. The second-order valence-electron chi connectivity index (χ2n) is 9.57. The molecular formula is C25H29N5O. The topological polar surface area (TPSA) is 63.9 Å². The molecule has 0 N–H and O–H groups in total. The van der Waals surface area contributed by atoms with Crippen LogP contribution >= 0.6 is 0 Å². The van der Waals surface area contributed by atoms with E-state index in [9.17, 15) is 4.79 Å². The van der Waals surface area contributed by atoms with Crippen LogP contribution in [0.3, 0.4) is 0 Å². The minimum atomic E-state index is -0.548. The summed E-state index contributed by atoms with van der Waals surface area (Å²) in [6, 6.07) is 12.3. The van der Waals surface area contributed by atoms with Gasteiger partial charge in [-0.1, -0.05) is 13.0 Å². The van der Waals surface area contributed by atoms with E-state index in [-0.39, 0.29) is 5.91 Å². The molecule has 31 heavy (non-hydrogen) atoms. The highest BCUT2D eigenvalue weighted by Crippen LogP contribution is 2.44. The van der Waals surface area contributed by atoms with Gasteiger partial charge in [-0.25, -0.2) is 9.67 Å². The lowest BCUT2D eigenvalue weighted by molar-refractivity contribution is -0.121. The number of rotatable bonds is 5. The van der Waals surface area contributed by atoms with Crippen molar-refractivity contribution >= 4 is 11.6 Å². The van der Waals surface area contributed by atoms with Crippen molar-refractivity contribution in [3.63, 3.8) is 0 Å². The number of benzene rings is 1. The number of fused-ring (bicyclic) bond motifs is 1. The van der Waals surface area contributed by atoms with Crippen molar-refractivity contribution in [3.8, 4) is 11.4 Å². The van der Waals surface area contributed by atoms with Gasteiger partial charge in [0.2, 0.25) is 5.91 Å². The van der Waals surface area contributed by atoms with Crippen LogP contribution in [0, 0.1) is 12.8 Å². The average Bonchev–Trinajstić information content (AvgIpc) is 3.49. The van der Waals surface area contributed by atoms with Crippen LogP contribution in [0.2, 0.25) is 0 Å². The molecule has 1 fully saturated rings. The largest absolute Gasteiger partial charge is 0.314 e. The zero-order valence-electron chi connectivity index (χ0n) is 18.9. The van der Waals surface area contributed by atoms with E-state index in [1.165, 1.54) is 12.8 Å². The molecular weight excluding hydrogens is 386 g/mol. The summed E-state index contributed by atoms with van der Waals surface area (Å²) in [6.45, 7) is 8.78. The molecule has 160 valence electrons. The summed E-state index contributed by atoms with van der Waals surface area (Å²) in [7, 11) is 1.84. The molecule has 1 unspecified atom stereocenters. The van der Waals surface area contributed by atoms with Gasteiger partial charge in [0.05, 0.1) is 17.7 Å². The van der Waals surface area contributed by atoms with Crippen LogP contribution in [0.4, 0.5) is 5.69 Å². The van der Waals surface area contributed by atoms with E-state index >= 15 is 0 Å². The van der Waals surface area contributed by atoms with Gasteiger partial charge in [0.25, 0.3) is 0 Å². The normalized spacial score (nSPS) is 18.4. The Balaban J connectivity index is 1.60. The molecule has 0 bridgehead atoms. The first-order valence-corrected chi connectivity index (χ1v) is 11.1. The Morgan fingerprint density at radius 1 is 1.16 bits per heavy atom. The van der Waals surface area contributed by atoms with Gasteiger partial charge in [0, 0.05) is 29.9 Å². The number of likely N-dealkylation sites (N-methyl/N-ethyl adjacent to an activating group) is 1. The van der Waals surface area contributed by atoms with Gasteiger partial charge in [0.15, 0.2) is 11.6 Å². The second-order valence-corrected chi connectivity index (χ2v) is 9.57. The minimum absolute atomic E-state index is 0.119. The van der Waals surface area contributed by atoms with Crippen molar-refractivity contribution in [1.82, 2.24) is 19.7 Å². The first kappa shape index (κ1) is 19.9. The highest BCUT2D eigenvalue weighted by molar-refractivity contribution is 6.07. The lowest BCUT2D eigenvalue weighted by Gasteiger charge is -2.16. The van der Waals surface area contributed by atoms with Crippen LogP contribution in [0.15, 0.2) is 36.4 Å². The van der Waals surface area contributed by atoms with Gasteiger partial charge >= 0.3 is 0 Å². The first-order chi connectivity index (χ1) is 14.8. The zero-order chi connectivity index (χ0) is 21.9. The van der Waals surface area contributed by atoms with Crippen LogP contribution in [0.1, 0.15) is 62.3 Å². The molecule has 1 aromatic carbocycles.